The van der Waals surface area contributed by atoms with Gasteiger partial charge in [0.05, 0.1) is 18.2 Å². The molecule has 2 aromatic rings. The molecule has 7 heteroatoms. The minimum Gasteiger partial charge on any atom is -0.550 e. The van der Waals surface area contributed by atoms with Gasteiger partial charge in [-0.1, -0.05) is 36.4 Å². The van der Waals surface area contributed by atoms with E-state index < -0.39 is 18.0 Å². The van der Waals surface area contributed by atoms with Crippen molar-refractivity contribution in [2.45, 2.75) is 32.7 Å². The van der Waals surface area contributed by atoms with Gasteiger partial charge in [-0.15, -0.1) is 0 Å². The average molecular weight is 395 g/mol. The molecule has 0 spiro atoms. The zero-order valence-electron chi connectivity index (χ0n) is 16.4. The van der Waals surface area contributed by atoms with Gasteiger partial charge >= 0.3 is 12.0 Å². The van der Waals surface area contributed by atoms with E-state index in [-0.39, 0.29) is 32.0 Å². The van der Waals surface area contributed by atoms with Crippen molar-refractivity contribution >= 4 is 28.7 Å². The molecule has 1 aliphatic heterocycles. The Hall–Kier alpha value is -3.35. The van der Waals surface area contributed by atoms with Gasteiger partial charge in [-0.3, -0.25) is 4.90 Å². The highest BCUT2D eigenvalue weighted by atomic mass is 16.5. The van der Waals surface area contributed by atoms with Gasteiger partial charge in [-0.25, -0.2) is 9.59 Å². The van der Waals surface area contributed by atoms with Crippen molar-refractivity contribution in [1.29, 1.82) is 0 Å². The number of allylic oxidation sites excluding steroid dienone is 1. The summed E-state index contributed by atoms with van der Waals surface area (Å²) in [4.78, 5) is 37.5. The van der Waals surface area contributed by atoms with Gasteiger partial charge in [0.25, 0.3) is 0 Å². The number of urea groups is 1. The Kier molecular flexibility index (Phi) is 6.16. The zero-order chi connectivity index (χ0) is 21.0. The zero-order valence-corrected chi connectivity index (χ0v) is 16.4. The van der Waals surface area contributed by atoms with Crippen LogP contribution in [0.3, 0.4) is 0 Å². The number of hydrogen-bond donors (Lipinski definition) is 1. The van der Waals surface area contributed by atoms with Crippen molar-refractivity contribution in [3.63, 3.8) is 0 Å². The first-order chi connectivity index (χ1) is 13.9. The molecule has 0 saturated heterocycles. The van der Waals surface area contributed by atoms with Gasteiger partial charge < -0.3 is 20.0 Å². The Bertz CT molecular complexity index is 982. The number of esters is 1. The van der Waals surface area contributed by atoms with E-state index in [0.717, 1.165) is 16.3 Å². The fourth-order valence-electron chi connectivity index (χ4n) is 3.54. The lowest BCUT2D eigenvalue weighted by atomic mass is 9.93. The van der Waals surface area contributed by atoms with E-state index in [1.807, 2.05) is 42.5 Å². The summed E-state index contributed by atoms with van der Waals surface area (Å²) in [6, 6.07) is 12.6. The number of amides is 2. The fraction of sp³-hybridized carbons (Fsp3) is 0.318. The molecule has 7 nitrogen and oxygen atoms in total. The molecule has 0 unspecified atom stereocenters. The van der Waals surface area contributed by atoms with Crippen LogP contribution in [-0.4, -0.2) is 36.0 Å². The van der Waals surface area contributed by atoms with Crippen molar-refractivity contribution in [1.82, 2.24) is 10.2 Å². The summed E-state index contributed by atoms with van der Waals surface area (Å²) in [5.74, 6) is -1.68. The molecule has 1 aliphatic rings. The number of nitrogens with zero attached hydrogens (tertiary/aromatic N) is 1. The highest BCUT2D eigenvalue weighted by Gasteiger charge is 2.36. The van der Waals surface area contributed by atoms with Gasteiger partial charge in [0.15, 0.2) is 0 Å². The second-order valence-corrected chi connectivity index (χ2v) is 6.84. The molecule has 152 valence electrons. The molecule has 29 heavy (non-hydrogen) atoms. The summed E-state index contributed by atoms with van der Waals surface area (Å²) in [6.45, 7) is 3.77. The number of fused-ring (bicyclic) bond motifs is 1. The van der Waals surface area contributed by atoms with Crippen LogP contribution in [-0.2, 0) is 14.3 Å². The SMILES string of the molecule is CCOC(=O)C1=C(C)N(CCCC(=O)[O-])C(=O)N[C@H]1c1ccc2ccccc2c1. The molecule has 1 heterocycles. The maximum absolute atomic E-state index is 12.7. The largest absolute Gasteiger partial charge is 0.550 e. The molecule has 2 amide bonds. The molecule has 0 bridgehead atoms. The van der Waals surface area contributed by atoms with Gasteiger partial charge in [-0.05, 0) is 49.1 Å². The highest BCUT2D eigenvalue weighted by molar-refractivity contribution is 5.95. The molecule has 0 aromatic heterocycles. The van der Waals surface area contributed by atoms with Crippen LogP contribution in [0.15, 0.2) is 53.7 Å². The number of aliphatic carboxylic acids is 1. The molecular weight excluding hydrogens is 372 g/mol. The minimum absolute atomic E-state index is 0.166. The fourth-order valence-corrected chi connectivity index (χ4v) is 3.54. The molecular formula is C22H23N2O5-. The smallest absolute Gasteiger partial charge is 0.338 e. The summed E-state index contributed by atoms with van der Waals surface area (Å²) in [7, 11) is 0. The number of ether oxygens (including phenoxy) is 1. The van der Waals surface area contributed by atoms with Crippen molar-refractivity contribution in [3.8, 4) is 0 Å². The van der Waals surface area contributed by atoms with E-state index in [4.69, 9.17) is 4.74 Å². The molecule has 0 aliphatic carbocycles. The monoisotopic (exact) mass is 395 g/mol. The average Bonchev–Trinajstić information content (AvgIpc) is 2.69. The molecule has 1 atom stereocenters. The van der Waals surface area contributed by atoms with E-state index in [0.29, 0.717) is 11.3 Å². The number of carbonyl (C=O) groups excluding carboxylic acids is 3. The Labute approximate surface area is 168 Å². The van der Waals surface area contributed by atoms with Gasteiger partial charge in [0.1, 0.15) is 0 Å². The lowest BCUT2D eigenvalue weighted by Crippen LogP contribution is -2.48. The quantitative estimate of drug-likeness (QED) is 0.725. The molecule has 3 rings (SSSR count). The third kappa shape index (κ3) is 4.39. The maximum Gasteiger partial charge on any atom is 0.338 e. The van der Waals surface area contributed by atoms with Gasteiger partial charge in [0, 0.05) is 18.2 Å². The summed E-state index contributed by atoms with van der Waals surface area (Å²) < 4.78 is 5.24. The topological polar surface area (TPSA) is 98.8 Å². The Balaban J connectivity index is 2.00. The standard InChI is InChI=1S/C22H24N2O5/c1-3-29-21(27)19-14(2)24(12-6-9-18(25)26)22(28)23-20(19)17-11-10-15-7-4-5-8-16(15)13-17/h4-5,7-8,10-11,13,20H,3,6,9,12H2,1-2H3,(H,23,28)(H,25,26)/p-1/t20-/m0/s1. The second-order valence-electron chi connectivity index (χ2n) is 6.84. The third-order valence-corrected chi connectivity index (χ3v) is 4.96. The molecule has 2 aromatic carbocycles. The predicted octanol–water partition coefficient (Wildman–Crippen LogP) is 2.27. The van der Waals surface area contributed by atoms with Crippen molar-refractivity contribution < 1.29 is 24.2 Å². The van der Waals surface area contributed by atoms with E-state index in [1.165, 1.54) is 4.90 Å². The number of nitrogens with one attached hydrogen (secondary N) is 1. The summed E-state index contributed by atoms with van der Waals surface area (Å²) in [5, 5.41) is 15.6. The molecule has 1 N–H and O–H groups in total. The van der Waals surface area contributed by atoms with Crippen LogP contribution >= 0.6 is 0 Å². The number of carboxylic acid groups (broad SMARTS) is 1. The van der Waals surface area contributed by atoms with Crippen LogP contribution in [0.1, 0.15) is 38.3 Å². The summed E-state index contributed by atoms with van der Waals surface area (Å²) in [5.41, 5.74) is 1.58. The van der Waals surface area contributed by atoms with E-state index in [9.17, 15) is 19.5 Å². The number of rotatable bonds is 7. The summed E-state index contributed by atoms with van der Waals surface area (Å²) in [6.07, 6.45) is 0.0593. The molecule has 0 radical (unpaired) electrons. The number of benzene rings is 2. The van der Waals surface area contributed by atoms with Crippen LogP contribution in [0.25, 0.3) is 10.8 Å². The van der Waals surface area contributed by atoms with Crippen LogP contribution < -0.4 is 10.4 Å². The van der Waals surface area contributed by atoms with Crippen LogP contribution in [0, 0.1) is 0 Å². The molecule has 0 fully saturated rings. The van der Waals surface area contributed by atoms with E-state index >= 15 is 0 Å². The first-order valence-electron chi connectivity index (χ1n) is 9.56. The third-order valence-electron chi connectivity index (χ3n) is 4.96. The minimum atomic E-state index is -1.18. The number of carboxylic acids is 1. The molecule has 0 saturated carbocycles. The number of hydrogen-bond acceptors (Lipinski definition) is 5. The van der Waals surface area contributed by atoms with E-state index in [1.54, 1.807) is 13.8 Å². The second kappa shape index (κ2) is 8.77. The Morgan fingerprint density at radius 2 is 1.90 bits per heavy atom. The highest BCUT2D eigenvalue weighted by Crippen LogP contribution is 2.33. The van der Waals surface area contributed by atoms with Gasteiger partial charge in [-0.2, -0.15) is 0 Å². The van der Waals surface area contributed by atoms with E-state index in [2.05, 4.69) is 5.32 Å². The van der Waals surface area contributed by atoms with Crippen LogP contribution in [0.4, 0.5) is 4.79 Å². The van der Waals surface area contributed by atoms with Crippen molar-refractivity contribution in [2.24, 2.45) is 0 Å². The maximum atomic E-state index is 12.7. The predicted molar refractivity (Wildman–Crippen MR) is 106 cm³/mol. The summed E-state index contributed by atoms with van der Waals surface area (Å²) >= 11 is 0. The lowest BCUT2D eigenvalue weighted by Gasteiger charge is -2.35. The first kappa shape index (κ1) is 20.4. The van der Waals surface area contributed by atoms with Crippen LogP contribution in [0.2, 0.25) is 0 Å². The van der Waals surface area contributed by atoms with Crippen molar-refractivity contribution in [3.05, 3.63) is 59.3 Å². The van der Waals surface area contributed by atoms with Crippen molar-refractivity contribution in [2.75, 3.05) is 13.2 Å². The van der Waals surface area contributed by atoms with Crippen LogP contribution in [0.5, 0.6) is 0 Å². The normalized spacial score (nSPS) is 16.7. The Morgan fingerprint density at radius 1 is 1.17 bits per heavy atom. The van der Waals surface area contributed by atoms with Gasteiger partial charge in [0.2, 0.25) is 0 Å². The lowest BCUT2D eigenvalue weighted by molar-refractivity contribution is -0.305. The Morgan fingerprint density at radius 3 is 2.59 bits per heavy atom. The number of carbonyl (C=O) groups is 3. The first-order valence-corrected chi connectivity index (χ1v) is 9.56.